The van der Waals surface area contributed by atoms with Crippen molar-refractivity contribution in [1.29, 1.82) is 0 Å². The van der Waals surface area contributed by atoms with Crippen molar-refractivity contribution in [2.45, 2.75) is 13.1 Å². The summed E-state index contributed by atoms with van der Waals surface area (Å²) in [6, 6.07) is 11.2. The van der Waals surface area contributed by atoms with Crippen LogP contribution < -0.4 is 5.56 Å². The second-order valence-corrected chi connectivity index (χ2v) is 7.60. The van der Waals surface area contributed by atoms with Crippen molar-refractivity contribution < 1.29 is 4.52 Å². The maximum atomic E-state index is 12.8. The van der Waals surface area contributed by atoms with E-state index in [0.29, 0.717) is 28.9 Å². The van der Waals surface area contributed by atoms with E-state index >= 15 is 0 Å². The van der Waals surface area contributed by atoms with Crippen molar-refractivity contribution >= 4 is 34.1 Å². The molecule has 4 heterocycles. The normalized spacial score (nSPS) is 11.3. The minimum Gasteiger partial charge on any atom is -0.337 e. The summed E-state index contributed by atoms with van der Waals surface area (Å²) in [4.78, 5) is 22.4. The molecule has 0 aliphatic heterocycles. The van der Waals surface area contributed by atoms with Crippen LogP contribution in [0.5, 0.6) is 0 Å². The van der Waals surface area contributed by atoms with Crippen molar-refractivity contribution in [2.75, 3.05) is 0 Å². The van der Waals surface area contributed by atoms with Gasteiger partial charge < -0.3 is 4.52 Å². The van der Waals surface area contributed by atoms with Gasteiger partial charge in [-0.1, -0.05) is 40.2 Å². The molecule has 0 spiro atoms. The Morgan fingerprint density at radius 2 is 2.00 bits per heavy atom. The Morgan fingerprint density at radius 3 is 2.79 bits per heavy atom. The van der Waals surface area contributed by atoms with Crippen molar-refractivity contribution in [3.8, 4) is 10.7 Å². The van der Waals surface area contributed by atoms with Crippen LogP contribution in [0.1, 0.15) is 11.5 Å². The van der Waals surface area contributed by atoms with E-state index in [1.54, 1.807) is 16.8 Å². The van der Waals surface area contributed by atoms with Gasteiger partial charge >= 0.3 is 0 Å². The fourth-order valence-electron chi connectivity index (χ4n) is 2.84. The summed E-state index contributed by atoms with van der Waals surface area (Å²) in [5, 5.41) is 14.6. The van der Waals surface area contributed by atoms with Crippen molar-refractivity contribution in [3.05, 3.63) is 74.9 Å². The smallest absolute Gasteiger partial charge is 0.283 e. The van der Waals surface area contributed by atoms with Crippen LogP contribution in [0.25, 0.3) is 21.9 Å². The van der Waals surface area contributed by atoms with E-state index in [2.05, 4.69) is 25.4 Å². The highest BCUT2D eigenvalue weighted by Crippen LogP contribution is 2.21. The maximum absolute atomic E-state index is 12.8. The van der Waals surface area contributed by atoms with Gasteiger partial charge in [-0.05, 0) is 29.1 Å². The third-order valence-corrected chi connectivity index (χ3v) is 5.37. The average molecular weight is 426 g/mol. The molecule has 0 unspecified atom stereocenters. The van der Waals surface area contributed by atoms with Crippen LogP contribution in [0.15, 0.2) is 57.4 Å². The van der Waals surface area contributed by atoms with Gasteiger partial charge in [-0.3, -0.25) is 9.36 Å². The molecule has 1 aromatic carbocycles. The van der Waals surface area contributed by atoms with Gasteiger partial charge in [-0.2, -0.15) is 4.98 Å². The largest absolute Gasteiger partial charge is 0.337 e. The summed E-state index contributed by atoms with van der Waals surface area (Å²) in [6.45, 7) is 0.530. The van der Waals surface area contributed by atoms with Gasteiger partial charge in [-0.25, -0.2) is 9.67 Å². The summed E-state index contributed by atoms with van der Waals surface area (Å²) in [5.74, 6) is 0.802. The molecule has 0 saturated heterocycles. The fraction of sp³-hybridized carbons (Fsp3) is 0.111. The lowest BCUT2D eigenvalue weighted by Gasteiger charge is -2.03. The van der Waals surface area contributed by atoms with Crippen LogP contribution in [-0.4, -0.2) is 34.7 Å². The standard InChI is InChI=1S/C18H12ClN7O2S/c19-12-5-3-11(4-6-12)8-26-17-15(22-24-26)18(27)25(10-20-17)9-14-21-16(23-28-14)13-2-1-7-29-13/h1-7,10H,8-9H2. The number of benzene rings is 1. The first kappa shape index (κ1) is 17.7. The first-order valence-electron chi connectivity index (χ1n) is 8.57. The summed E-state index contributed by atoms with van der Waals surface area (Å²) < 4.78 is 8.21. The highest BCUT2D eigenvalue weighted by Gasteiger charge is 2.15. The minimum atomic E-state index is -0.326. The minimum absolute atomic E-state index is 0.101. The molecule has 4 aromatic heterocycles. The zero-order valence-electron chi connectivity index (χ0n) is 14.8. The molecule has 0 fully saturated rings. The molecule has 0 bridgehead atoms. The van der Waals surface area contributed by atoms with Crippen molar-refractivity contribution in [2.24, 2.45) is 0 Å². The van der Waals surface area contributed by atoms with Crippen LogP contribution in [0.2, 0.25) is 5.02 Å². The van der Waals surface area contributed by atoms with Gasteiger partial charge in [-0.15, -0.1) is 16.4 Å². The highest BCUT2D eigenvalue weighted by molar-refractivity contribution is 7.13. The number of rotatable bonds is 5. The molecule has 0 saturated carbocycles. The van der Waals surface area contributed by atoms with Crippen LogP contribution in [0, 0.1) is 0 Å². The molecular formula is C18H12ClN7O2S. The van der Waals surface area contributed by atoms with E-state index in [0.717, 1.165) is 10.4 Å². The SMILES string of the molecule is O=c1c2nnn(Cc3ccc(Cl)cc3)c2ncn1Cc1nc(-c2cccs2)no1. The molecule has 0 aliphatic rings. The van der Waals surface area contributed by atoms with E-state index in [-0.39, 0.29) is 17.6 Å². The van der Waals surface area contributed by atoms with E-state index < -0.39 is 0 Å². The third kappa shape index (κ3) is 3.43. The Bertz CT molecular complexity index is 1340. The van der Waals surface area contributed by atoms with Crippen LogP contribution in [0.4, 0.5) is 0 Å². The summed E-state index contributed by atoms with van der Waals surface area (Å²) in [7, 11) is 0. The number of thiophene rings is 1. The second-order valence-electron chi connectivity index (χ2n) is 6.21. The number of nitrogens with zero attached hydrogens (tertiary/aromatic N) is 7. The van der Waals surface area contributed by atoms with Gasteiger partial charge in [0.25, 0.3) is 5.56 Å². The molecule has 29 heavy (non-hydrogen) atoms. The lowest BCUT2D eigenvalue weighted by molar-refractivity contribution is 0.369. The quantitative estimate of drug-likeness (QED) is 0.426. The Balaban J connectivity index is 1.42. The summed E-state index contributed by atoms with van der Waals surface area (Å²) in [5.41, 5.74) is 1.23. The van der Waals surface area contributed by atoms with Gasteiger partial charge in [0.15, 0.2) is 11.2 Å². The molecule has 5 rings (SSSR count). The topological polar surface area (TPSA) is 105 Å². The van der Waals surface area contributed by atoms with Crippen LogP contribution in [-0.2, 0) is 13.1 Å². The molecule has 0 radical (unpaired) electrons. The van der Waals surface area contributed by atoms with Crippen LogP contribution >= 0.6 is 22.9 Å². The van der Waals surface area contributed by atoms with Crippen molar-refractivity contribution in [3.63, 3.8) is 0 Å². The monoisotopic (exact) mass is 425 g/mol. The maximum Gasteiger partial charge on any atom is 0.283 e. The zero-order valence-corrected chi connectivity index (χ0v) is 16.3. The predicted molar refractivity (Wildman–Crippen MR) is 107 cm³/mol. The molecule has 5 aromatic rings. The molecule has 11 heteroatoms. The zero-order chi connectivity index (χ0) is 19.8. The first-order chi connectivity index (χ1) is 14.2. The van der Waals surface area contributed by atoms with Gasteiger partial charge in [0.05, 0.1) is 11.4 Å². The lowest BCUT2D eigenvalue weighted by Crippen LogP contribution is -2.21. The van der Waals surface area contributed by atoms with Gasteiger partial charge in [0.2, 0.25) is 11.7 Å². The van der Waals surface area contributed by atoms with Gasteiger partial charge in [0.1, 0.15) is 12.9 Å². The average Bonchev–Trinajstić information content (AvgIpc) is 3.47. The van der Waals surface area contributed by atoms with Gasteiger partial charge in [0, 0.05) is 5.02 Å². The molecule has 0 aliphatic carbocycles. The van der Waals surface area contributed by atoms with Crippen LogP contribution in [0.3, 0.4) is 0 Å². The second kappa shape index (κ2) is 7.22. The lowest BCUT2D eigenvalue weighted by atomic mass is 10.2. The molecule has 144 valence electrons. The summed E-state index contributed by atoms with van der Waals surface area (Å²) >= 11 is 7.43. The summed E-state index contributed by atoms with van der Waals surface area (Å²) in [6.07, 6.45) is 1.43. The number of hydrogen-bond acceptors (Lipinski definition) is 8. The van der Waals surface area contributed by atoms with Crippen molar-refractivity contribution in [1.82, 2.24) is 34.7 Å². The predicted octanol–water partition coefficient (Wildman–Crippen LogP) is 2.85. The van der Waals surface area contributed by atoms with E-state index in [4.69, 9.17) is 16.1 Å². The molecular weight excluding hydrogens is 414 g/mol. The Hall–Kier alpha value is -3.37. The molecule has 0 N–H and O–H groups in total. The Labute approximate surface area is 172 Å². The highest BCUT2D eigenvalue weighted by atomic mass is 35.5. The molecule has 0 amide bonds. The van der Waals surface area contributed by atoms with E-state index in [1.165, 1.54) is 22.2 Å². The number of fused-ring (bicyclic) bond motifs is 1. The number of aromatic nitrogens is 7. The van der Waals surface area contributed by atoms with E-state index in [1.807, 2.05) is 29.6 Å². The first-order valence-corrected chi connectivity index (χ1v) is 9.83. The Kier molecular flexibility index (Phi) is 4.41. The fourth-order valence-corrected chi connectivity index (χ4v) is 3.61. The molecule has 0 atom stereocenters. The van der Waals surface area contributed by atoms with E-state index in [9.17, 15) is 4.79 Å². The molecule has 9 nitrogen and oxygen atoms in total. The third-order valence-electron chi connectivity index (χ3n) is 4.25. The number of hydrogen-bond donors (Lipinski definition) is 0. The number of halogens is 1. The Morgan fingerprint density at radius 1 is 1.14 bits per heavy atom.